The number of hydrogen-bond donors (Lipinski definition) is 2. The maximum atomic E-state index is 12.3. The van der Waals surface area contributed by atoms with Gasteiger partial charge in [0.1, 0.15) is 13.2 Å². The molecule has 1 unspecified atom stereocenters. The van der Waals surface area contributed by atoms with Crippen LogP contribution in [0.15, 0.2) is 48.5 Å². The van der Waals surface area contributed by atoms with Gasteiger partial charge in [-0.05, 0) is 42.0 Å². The van der Waals surface area contributed by atoms with Gasteiger partial charge in [-0.15, -0.1) is 6.42 Å². The van der Waals surface area contributed by atoms with Gasteiger partial charge in [0.15, 0.2) is 0 Å². The minimum Gasteiger partial charge on any atom is -0.480 e. The van der Waals surface area contributed by atoms with E-state index in [0.717, 1.165) is 16.0 Å². The Morgan fingerprint density at radius 3 is 2.30 bits per heavy atom. The number of fused-ring (bicyclic) bond motifs is 3. The highest BCUT2D eigenvalue weighted by molar-refractivity contribution is 5.81. The van der Waals surface area contributed by atoms with Gasteiger partial charge in [-0.3, -0.25) is 9.59 Å². The summed E-state index contributed by atoms with van der Waals surface area (Å²) in [6.45, 7) is 1.61. The Balaban J connectivity index is 1.45. The fraction of sp³-hybridized carbons (Fsp3) is 0.346. The molecule has 0 aliphatic heterocycles. The number of nitrogens with zero attached hydrogens (tertiary/aromatic N) is 1. The lowest BCUT2D eigenvalue weighted by molar-refractivity contribution is -0.144. The molecule has 1 atom stereocenters. The van der Waals surface area contributed by atoms with E-state index in [-0.39, 0.29) is 37.4 Å². The molecule has 1 aliphatic carbocycles. The van der Waals surface area contributed by atoms with Crippen LogP contribution in [0, 0.1) is 12.3 Å². The highest BCUT2D eigenvalue weighted by Gasteiger charge is 2.29. The number of carboxylic acid groups (broad SMARTS) is 1. The zero-order chi connectivity index (χ0) is 23.8. The van der Waals surface area contributed by atoms with E-state index in [1.54, 1.807) is 0 Å². The summed E-state index contributed by atoms with van der Waals surface area (Å²) in [5.74, 6) is 0.867. The molecule has 0 saturated carbocycles. The first-order valence-electron chi connectivity index (χ1n) is 10.9. The smallest absolute Gasteiger partial charge is 0.407 e. The number of carboxylic acids is 1. The van der Waals surface area contributed by atoms with Crippen LogP contribution in [-0.4, -0.2) is 53.7 Å². The summed E-state index contributed by atoms with van der Waals surface area (Å²) < 4.78 is 5.54. The molecule has 1 aliphatic rings. The normalized spacial score (nSPS) is 12.7. The predicted molar refractivity (Wildman–Crippen MR) is 125 cm³/mol. The van der Waals surface area contributed by atoms with Crippen LogP contribution in [0.5, 0.6) is 0 Å². The second kappa shape index (κ2) is 11.2. The van der Waals surface area contributed by atoms with Gasteiger partial charge < -0.3 is 20.1 Å². The van der Waals surface area contributed by atoms with Crippen LogP contribution < -0.4 is 5.32 Å². The third-order valence-corrected chi connectivity index (χ3v) is 5.70. The Morgan fingerprint density at radius 2 is 1.73 bits per heavy atom. The lowest BCUT2D eigenvalue weighted by Gasteiger charge is -2.19. The minimum absolute atomic E-state index is 0.00699. The highest BCUT2D eigenvalue weighted by atomic mass is 16.5. The molecule has 0 spiro atoms. The van der Waals surface area contributed by atoms with Gasteiger partial charge in [0.05, 0.1) is 6.54 Å². The van der Waals surface area contributed by atoms with Gasteiger partial charge in [-0.2, -0.15) is 0 Å². The van der Waals surface area contributed by atoms with Gasteiger partial charge in [-0.25, -0.2) is 4.79 Å². The summed E-state index contributed by atoms with van der Waals surface area (Å²) in [5.41, 5.74) is 4.63. The Hall–Kier alpha value is -3.79. The first-order chi connectivity index (χ1) is 15.9. The van der Waals surface area contributed by atoms with Crippen molar-refractivity contribution in [3.05, 3.63) is 59.7 Å². The quantitative estimate of drug-likeness (QED) is 0.541. The maximum absolute atomic E-state index is 12.3. The fourth-order valence-corrected chi connectivity index (χ4v) is 4.14. The first kappa shape index (κ1) is 23.9. The Morgan fingerprint density at radius 1 is 1.12 bits per heavy atom. The predicted octanol–water partition coefficient (Wildman–Crippen LogP) is 3.63. The molecule has 172 valence electrons. The number of amides is 2. The molecule has 2 aromatic carbocycles. The van der Waals surface area contributed by atoms with E-state index in [1.165, 1.54) is 11.1 Å². The van der Waals surface area contributed by atoms with E-state index in [4.69, 9.17) is 16.3 Å². The number of carbonyl (C=O) groups excluding carboxylic acids is 2. The monoisotopic (exact) mass is 448 g/mol. The molecule has 0 saturated heterocycles. The van der Waals surface area contributed by atoms with E-state index in [2.05, 4.69) is 35.5 Å². The van der Waals surface area contributed by atoms with Crippen molar-refractivity contribution in [1.82, 2.24) is 10.2 Å². The molecule has 7 nitrogen and oxygen atoms in total. The topological polar surface area (TPSA) is 95.9 Å². The third kappa shape index (κ3) is 6.13. The molecule has 0 bridgehead atoms. The van der Waals surface area contributed by atoms with Crippen molar-refractivity contribution in [2.24, 2.45) is 0 Å². The number of nitrogens with one attached hydrogen (secondary N) is 1. The summed E-state index contributed by atoms with van der Waals surface area (Å²) in [5, 5.41) is 11.7. The highest BCUT2D eigenvalue weighted by Crippen LogP contribution is 2.44. The second-order valence-corrected chi connectivity index (χ2v) is 8.11. The van der Waals surface area contributed by atoms with Crippen molar-refractivity contribution in [3.8, 4) is 23.5 Å². The zero-order valence-corrected chi connectivity index (χ0v) is 18.6. The number of alkyl carbamates (subject to hydrolysis) is 1. The first-order valence-corrected chi connectivity index (χ1v) is 10.9. The standard InChI is InChI=1S/C26H28N2O5/c1-3-15-28(16-25(30)31)24(29)14-8-9-18(2)27-26(32)33-17-23-21-12-6-4-10-19(21)20-11-5-7-13-22(20)23/h1,4-7,10-13,18,23H,8-9,14-17H2,2H3,(H,27,32)(H,30,31). The van der Waals surface area contributed by atoms with E-state index in [0.29, 0.717) is 12.8 Å². The van der Waals surface area contributed by atoms with E-state index in [1.807, 2.05) is 31.2 Å². The van der Waals surface area contributed by atoms with Gasteiger partial charge in [0.2, 0.25) is 5.91 Å². The summed E-state index contributed by atoms with van der Waals surface area (Å²) in [6.07, 6.45) is 5.90. The number of benzene rings is 2. The minimum atomic E-state index is -1.11. The van der Waals surface area contributed by atoms with Crippen LogP contribution in [0.3, 0.4) is 0 Å². The molecule has 0 radical (unpaired) electrons. The molecule has 2 amide bonds. The Bertz CT molecular complexity index is 1010. The van der Waals surface area contributed by atoms with Gasteiger partial charge in [-0.1, -0.05) is 54.5 Å². The SMILES string of the molecule is C#CCN(CC(=O)O)C(=O)CCCC(C)NC(=O)OCC1c2ccccc2-c2ccccc21. The van der Waals surface area contributed by atoms with Crippen LogP contribution in [0.1, 0.15) is 43.2 Å². The van der Waals surface area contributed by atoms with Crippen molar-refractivity contribution in [3.63, 3.8) is 0 Å². The number of hydrogen-bond acceptors (Lipinski definition) is 4. The van der Waals surface area contributed by atoms with Crippen LogP contribution in [0.4, 0.5) is 4.79 Å². The molecule has 2 N–H and O–H groups in total. The van der Waals surface area contributed by atoms with E-state index in [9.17, 15) is 14.4 Å². The molecule has 33 heavy (non-hydrogen) atoms. The molecular weight excluding hydrogens is 420 g/mol. The third-order valence-electron chi connectivity index (χ3n) is 5.70. The van der Waals surface area contributed by atoms with Crippen LogP contribution in [0.2, 0.25) is 0 Å². The average Bonchev–Trinajstić information content (AvgIpc) is 3.11. The van der Waals surface area contributed by atoms with Crippen molar-refractivity contribution < 1.29 is 24.2 Å². The Kier molecular flexibility index (Phi) is 8.09. The fourth-order valence-electron chi connectivity index (χ4n) is 4.14. The molecular formula is C26H28N2O5. The summed E-state index contributed by atoms with van der Waals surface area (Å²) in [6, 6.07) is 16.1. The summed E-state index contributed by atoms with van der Waals surface area (Å²) >= 11 is 0. The number of carbonyl (C=O) groups is 3. The molecule has 7 heteroatoms. The number of rotatable bonds is 10. The lowest BCUT2D eigenvalue weighted by atomic mass is 9.98. The molecule has 2 aromatic rings. The van der Waals surface area contributed by atoms with E-state index >= 15 is 0 Å². The second-order valence-electron chi connectivity index (χ2n) is 8.11. The maximum Gasteiger partial charge on any atom is 0.407 e. The zero-order valence-electron chi connectivity index (χ0n) is 18.6. The molecule has 0 aromatic heterocycles. The number of ether oxygens (including phenoxy) is 1. The lowest BCUT2D eigenvalue weighted by Crippen LogP contribution is -2.36. The average molecular weight is 449 g/mol. The van der Waals surface area contributed by atoms with Crippen molar-refractivity contribution >= 4 is 18.0 Å². The Labute approximate surface area is 193 Å². The van der Waals surface area contributed by atoms with E-state index < -0.39 is 18.6 Å². The molecule has 3 rings (SSSR count). The van der Waals surface area contributed by atoms with Crippen LogP contribution in [-0.2, 0) is 14.3 Å². The molecule has 0 heterocycles. The number of aliphatic carboxylic acids is 1. The van der Waals surface area contributed by atoms with Crippen molar-refractivity contribution in [1.29, 1.82) is 0 Å². The van der Waals surface area contributed by atoms with Gasteiger partial charge in [0, 0.05) is 18.4 Å². The summed E-state index contributed by atoms with van der Waals surface area (Å²) in [7, 11) is 0. The van der Waals surface area contributed by atoms with Gasteiger partial charge >= 0.3 is 12.1 Å². The van der Waals surface area contributed by atoms with Gasteiger partial charge in [0.25, 0.3) is 0 Å². The van der Waals surface area contributed by atoms with Crippen molar-refractivity contribution in [2.45, 2.75) is 38.1 Å². The van der Waals surface area contributed by atoms with Crippen LogP contribution >= 0.6 is 0 Å². The van der Waals surface area contributed by atoms with Crippen molar-refractivity contribution in [2.75, 3.05) is 19.7 Å². The summed E-state index contributed by atoms with van der Waals surface area (Å²) in [4.78, 5) is 36.5. The van der Waals surface area contributed by atoms with Crippen LogP contribution in [0.25, 0.3) is 11.1 Å². The largest absolute Gasteiger partial charge is 0.480 e. The molecule has 0 fully saturated rings. The number of terminal acetylenes is 1.